The van der Waals surface area contributed by atoms with Gasteiger partial charge in [0.2, 0.25) is 0 Å². The molecule has 2 N–H and O–H groups in total. The van der Waals surface area contributed by atoms with Crippen LogP contribution in [-0.4, -0.2) is 38.0 Å². The molecule has 0 aromatic carbocycles. The number of aliphatic carboxylic acids is 1. The molecule has 0 radical (unpaired) electrons. The van der Waals surface area contributed by atoms with E-state index in [0.29, 0.717) is 15.7 Å². The average Bonchev–Trinajstić information content (AvgIpc) is 2.94. The lowest BCUT2D eigenvalue weighted by Crippen LogP contribution is -2.44. The number of hydrogen-bond acceptors (Lipinski definition) is 6. The molecule has 0 fully saturated rings. The van der Waals surface area contributed by atoms with Gasteiger partial charge in [0.15, 0.2) is 10.8 Å². The third-order valence-electron chi connectivity index (χ3n) is 2.71. The van der Waals surface area contributed by atoms with E-state index in [1.165, 1.54) is 6.20 Å². The normalized spacial score (nSPS) is 12.1. The average molecular weight is 306 g/mol. The molecule has 2 aromatic heterocycles. The second kappa shape index (κ2) is 6.40. The number of thiazole rings is 1. The number of carboxylic acid groups (broad SMARTS) is 1. The molecular formula is C13H14N4O3S. The standard InChI is InChI=1S/C13H14N4O3S/c1-7(2)9(13(19)20)17-11(18)8-6-16-12(21-8)10-14-4-3-5-15-10/h3-7,9H,1-2H3,(H,17,18)(H,19,20)/t9-/m1/s1. The maximum Gasteiger partial charge on any atom is 0.326 e. The zero-order valence-corrected chi connectivity index (χ0v) is 12.3. The van der Waals surface area contributed by atoms with Crippen LogP contribution in [0.1, 0.15) is 23.5 Å². The summed E-state index contributed by atoms with van der Waals surface area (Å²) in [4.78, 5) is 35.7. The van der Waals surface area contributed by atoms with Crippen LogP contribution in [0.5, 0.6) is 0 Å². The van der Waals surface area contributed by atoms with Gasteiger partial charge in [0.05, 0.1) is 6.20 Å². The number of hydrogen-bond donors (Lipinski definition) is 2. The first-order valence-electron chi connectivity index (χ1n) is 6.26. The minimum atomic E-state index is -1.06. The van der Waals surface area contributed by atoms with Crippen LogP contribution >= 0.6 is 11.3 Å². The highest BCUT2D eigenvalue weighted by Gasteiger charge is 2.25. The van der Waals surface area contributed by atoms with Gasteiger partial charge in [-0.05, 0) is 12.0 Å². The van der Waals surface area contributed by atoms with Gasteiger partial charge >= 0.3 is 5.97 Å². The minimum absolute atomic E-state index is 0.212. The smallest absolute Gasteiger partial charge is 0.326 e. The lowest BCUT2D eigenvalue weighted by atomic mass is 10.0. The number of carbonyl (C=O) groups excluding carboxylic acids is 1. The Bertz CT molecular complexity index is 642. The second-order valence-electron chi connectivity index (χ2n) is 4.64. The molecule has 0 aliphatic carbocycles. The van der Waals surface area contributed by atoms with Crippen LogP contribution in [0.25, 0.3) is 10.8 Å². The molecule has 2 aromatic rings. The Morgan fingerprint density at radius 3 is 2.48 bits per heavy atom. The molecule has 8 heteroatoms. The molecule has 1 atom stereocenters. The molecule has 1 amide bonds. The van der Waals surface area contributed by atoms with Crippen LogP contribution in [-0.2, 0) is 4.79 Å². The molecule has 0 bridgehead atoms. The van der Waals surface area contributed by atoms with Crippen LogP contribution in [0.3, 0.4) is 0 Å². The third kappa shape index (κ3) is 3.60. The monoisotopic (exact) mass is 306 g/mol. The lowest BCUT2D eigenvalue weighted by molar-refractivity contribution is -0.140. The van der Waals surface area contributed by atoms with E-state index in [-0.39, 0.29) is 5.92 Å². The maximum absolute atomic E-state index is 12.1. The van der Waals surface area contributed by atoms with Crippen molar-refractivity contribution >= 4 is 23.2 Å². The second-order valence-corrected chi connectivity index (χ2v) is 5.67. The molecule has 2 rings (SSSR count). The number of aromatic nitrogens is 3. The predicted octanol–water partition coefficient (Wildman–Crippen LogP) is 1.44. The summed E-state index contributed by atoms with van der Waals surface area (Å²) < 4.78 is 0. The van der Waals surface area contributed by atoms with E-state index < -0.39 is 17.9 Å². The fourth-order valence-corrected chi connectivity index (χ4v) is 2.39. The highest BCUT2D eigenvalue weighted by atomic mass is 32.1. The Morgan fingerprint density at radius 1 is 1.24 bits per heavy atom. The van der Waals surface area contributed by atoms with Gasteiger partial charge in [-0.2, -0.15) is 0 Å². The first-order valence-corrected chi connectivity index (χ1v) is 7.07. The van der Waals surface area contributed by atoms with E-state index in [0.717, 1.165) is 11.3 Å². The number of carboxylic acids is 1. The van der Waals surface area contributed by atoms with Gasteiger partial charge in [0.1, 0.15) is 10.9 Å². The molecule has 0 aliphatic heterocycles. The summed E-state index contributed by atoms with van der Waals surface area (Å²) in [5, 5.41) is 12.1. The van der Waals surface area contributed by atoms with Crippen LogP contribution in [0, 0.1) is 5.92 Å². The molecule has 0 spiro atoms. The van der Waals surface area contributed by atoms with Crippen molar-refractivity contribution in [1.82, 2.24) is 20.3 Å². The van der Waals surface area contributed by atoms with Gasteiger partial charge in [-0.25, -0.2) is 19.7 Å². The van der Waals surface area contributed by atoms with E-state index in [9.17, 15) is 9.59 Å². The molecule has 0 unspecified atom stereocenters. The Balaban J connectivity index is 2.14. The maximum atomic E-state index is 12.1. The van der Waals surface area contributed by atoms with E-state index in [4.69, 9.17) is 5.11 Å². The fraction of sp³-hybridized carbons (Fsp3) is 0.308. The molecule has 7 nitrogen and oxygen atoms in total. The molecule has 0 saturated carbocycles. The van der Waals surface area contributed by atoms with Crippen molar-refractivity contribution in [3.05, 3.63) is 29.5 Å². The topological polar surface area (TPSA) is 105 Å². The van der Waals surface area contributed by atoms with Crippen molar-refractivity contribution in [3.63, 3.8) is 0 Å². The van der Waals surface area contributed by atoms with Crippen LogP contribution in [0.2, 0.25) is 0 Å². The number of nitrogens with zero attached hydrogens (tertiary/aromatic N) is 3. The van der Waals surface area contributed by atoms with Gasteiger partial charge < -0.3 is 10.4 Å². The van der Waals surface area contributed by atoms with Crippen LogP contribution < -0.4 is 5.32 Å². The summed E-state index contributed by atoms with van der Waals surface area (Å²) in [6.07, 6.45) is 4.57. The van der Waals surface area contributed by atoms with Gasteiger partial charge in [-0.3, -0.25) is 4.79 Å². The zero-order valence-electron chi connectivity index (χ0n) is 11.5. The van der Waals surface area contributed by atoms with Gasteiger partial charge in [-0.15, -0.1) is 11.3 Å². The van der Waals surface area contributed by atoms with Crippen molar-refractivity contribution in [2.45, 2.75) is 19.9 Å². The molecule has 0 saturated heterocycles. The van der Waals surface area contributed by atoms with Crippen LogP contribution in [0.4, 0.5) is 0 Å². The van der Waals surface area contributed by atoms with Crippen molar-refractivity contribution in [1.29, 1.82) is 0 Å². The summed E-state index contributed by atoms with van der Waals surface area (Å²) in [5.41, 5.74) is 0. The van der Waals surface area contributed by atoms with E-state index in [1.54, 1.807) is 32.3 Å². The first kappa shape index (κ1) is 15.0. The number of nitrogens with one attached hydrogen (secondary N) is 1. The van der Waals surface area contributed by atoms with Gasteiger partial charge in [0.25, 0.3) is 5.91 Å². The largest absolute Gasteiger partial charge is 0.480 e. The number of rotatable bonds is 5. The van der Waals surface area contributed by atoms with Crippen molar-refractivity contribution in [2.75, 3.05) is 0 Å². The summed E-state index contributed by atoms with van der Waals surface area (Å²) in [7, 11) is 0. The third-order valence-corrected chi connectivity index (χ3v) is 3.70. The fourth-order valence-electron chi connectivity index (χ4n) is 1.62. The highest BCUT2D eigenvalue weighted by molar-refractivity contribution is 7.16. The number of amides is 1. The molecule has 110 valence electrons. The molecular weight excluding hydrogens is 292 g/mol. The van der Waals surface area contributed by atoms with Crippen molar-refractivity contribution < 1.29 is 14.7 Å². The Labute approximate surface area is 125 Å². The summed E-state index contributed by atoms with van der Waals surface area (Å²) in [5.74, 6) is -1.30. The van der Waals surface area contributed by atoms with Crippen molar-refractivity contribution in [2.24, 2.45) is 5.92 Å². The lowest BCUT2D eigenvalue weighted by Gasteiger charge is -2.16. The van der Waals surface area contributed by atoms with E-state index >= 15 is 0 Å². The van der Waals surface area contributed by atoms with E-state index in [1.807, 2.05) is 0 Å². The number of carbonyl (C=O) groups is 2. The first-order chi connectivity index (χ1) is 9.99. The highest BCUT2D eigenvalue weighted by Crippen LogP contribution is 2.21. The van der Waals surface area contributed by atoms with Crippen LogP contribution in [0.15, 0.2) is 24.7 Å². The predicted molar refractivity (Wildman–Crippen MR) is 76.9 cm³/mol. The quantitative estimate of drug-likeness (QED) is 0.866. The zero-order chi connectivity index (χ0) is 15.4. The van der Waals surface area contributed by atoms with Gasteiger partial charge in [-0.1, -0.05) is 13.8 Å². The summed E-state index contributed by atoms with van der Waals surface area (Å²) in [6, 6.07) is 0.751. The Hall–Kier alpha value is -2.35. The van der Waals surface area contributed by atoms with Crippen molar-refractivity contribution in [3.8, 4) is 10.8 Å². The molecule has 21 heavy (non-hydrogen) atoms. The summed E-state index contributed by atoms with van der Waals surface area (Å²) >= 11 is 1.12. The van der Waals surface area contributed by atoms with E-state index in [2.05, 4.69) is 20.3 Å². The molecule has 2 heterocycles. The molecule has 0 aliphatic rings. The van der Waals surface area contributed by atoms with Gasteiger partial charge in [0, 0.05) is 12.4 Å². The Kier molecular flexibility index (Phi) is 4.59. The summed E-state index contributed by atoms with van der Waals surface area (Å²) in [6.45, 7) is 3.46. The Morgan fingerprint density at radius 2 is 1.90 bits per heavy atom. The minimum Gasteiger partial charge on any atom is -0.480 e. The SMILES string of the molecule is CC(C)[C@@H](NC(=O)c1cnc(-c2ncccn2)s1)C(=O)O.